The molecule has 0 saturated heterocycles. The summed E-state index contributed by atoms with van der Waals surface area (Å²) in [5.74, 6) is 0. The summed E-state index contributed by atoms with van der Waals surface area (Å²) >= 11 is 5.27. The average molecular weight is 305 g/mol. The summed E-state index contributed by atoms with van der Waals surface area (Å²) in [6.45, 7) is 6.27. The number of hydrogen-bond acceptors (Lipinski definition) is 3. The van der Waals surface area contributed by atoms with Crippen LogP contribution in [0.25, 0.3) is 0 Å². The number of halogens is 1. The van der Waals surface area contributed by atoms with Gasteiger partial charge in [-0.25, -0.2) is 0 Å². The summed E-state index contributed by atoms with van der Waals surface area (Å²) in [5, 5.41) is 2.12. The zero-order chi connectivity index (χ0) is 12.2. The highest BCUT2D eigenvalue weighted by atomic mass is 79.9. The van der Waals surface area contributed by atoms with Gasteiger partial charge in [-0.15, -0.1) is 11.3 Å². The first-order valence-electron chi connectivity index (χ1n) is 5.69. The van der Waals surface area contributed by atoms with Crippen LogP contribution in [0.15, 0.2) is 15.9 Å². The lowest BCUT2D eigenvalue weighted by atomic mass is 9.94. The molecule has 2 nitrogen and oxygen atoms in total. The van der Waals surface area contributed by atoms with E-state index in [1.54, 1.807) is 11.3 Å². The van der Waals surface area contributed by atoms with Gasteiger partial charge in [0.05, 0.1) is 0 Å². The molecule has 0 radical (unpaired) electrons. The third-order valence-electron chi connectivity index (χ3n) is 3.04. The van der Waals surface area contributed by atoms with Crippen molar-refractivity contribution in [3.63, 3.8) is 0 Å². The van der Waals surface area contributed by atoms with E-state index in [0.29, 0.717) is 0 Å². The van der Waals surface area contributed by atoms with Gasteiger partial charge in [0.1, 0.15) is 0 Å². The third kappa shape index (κ3) is 4.17. The lowest BCUT2D eigenvalue weighted by molar-refractivity contribution is 0.229. The fraction of sp³-hybridized carbons (Fsp3) is 0.667. The molecule has 0 aliphatic carbocycles. The van der Waals surface area contributed by atoms with Gasteiger partial charge >= 0.3 is 0 Å². The first-order valence-corrected chi connectivity index (χ1v) is 7.36. The average Bonchev–Trinajstić information content (AvgIpc) is 2.63. The molecule has 0 aliphatic rings. The molecule has 0 bridgehead atoms. The molecule has 0 fully saturated rings. The molecule has 92 valence electrons. The minimum Gasteiger partial charge on any atom is -0.324 e. The number of hydrogen-bond donors (Lipinski definition) is 1. The van der Waals surface area contributed by atoms with E-state index in [2.05, 4.69) is 53.2 Å². The van der Waals surface area contributed by atoms with Gasteiger partial charge in [-0.1, -0.05) is 13.8 Å². The van der Waals surface area contributed by atoms with E-state index < -0.39 is 0 Å². The molecule has 1 rings (SSSR count). The molecule has 0 saturated carbocycles. The second-order valence-electron chi connectivity index (χ2n) is 4.47. The van der Waals surface area contributed by atoms with Crippen LogP contribution in [0, 0.1) is 0 Å². The molecular formula is C12H21BrN2S. The van der Waals surface area contributed by atoms with E-state index >= 15 is 0 Å². The minimum atomic E-state index is -0.0385. The van der Waals surface area contributed by atoms with Crippen molar-refractivity contribution in [1.29, 1.82) is 0 Å². The van der Waals surface area contributed by atoms with Gasteiger partial charge in [-0.3, -0.25) is 4.90 Å². The van der Waals surface area contributed by atoms with Gasteiger partial charge < -0.3 is 5.73 Å². The highest BCUT2D eigenvalue weighted by molar-refractivity contribution is 9.10. The second kappa shape index (κ2) is 6.15. The highest BCUT2D eigenvalue weighted by Crippen LogP contribution is 2.22. The largest absolute Gasteiger partial charge is 0.324 e. The van der Waals surface area contributed by atoms with Gasteiger partial charge in [0, 0.05) is 33.4 Å². The Kier molecular flexibility index (Phi) is 5.44. The predicted octanol–water partition coefficient (Wildman–Crippen LogP) is 3.46. The number of rotatable bonds is 6. The van der Waals surface area contributed by atoms with E-state index in [1.165, 1.54) is 9.35 Å². The molecule has 0 aromatic carbocycles. The lowest BCUT2D eigenvalue weighted by Crippen LogP contribution is -2.48. The Labute approximate surface area is 111 Å². The Balaban J connectivity index is 2.50. The molecule has 1 heterocycles. The Bertz CT molecular complexity index is 321. The summed E-state index contributed by atoms with van der Waals surface area (Å²) in [4.78, 5) is 3.69. The van der Waals surface area contributed by atoms with Crippen molar-refractivity contribution in [2.75, 3.05) is 13.6 Å². The summed E-state index contributed by atoms with van der Waals surface area (Å²) < 4.78 is 1.17. The number of thiophene rings is 1. The summed E-state index contributed by atoms with van der Waals surface area (Å²) in [6.07, 6.45) is 2.06. The molecule has 16 heavy (non-hydrogen) atoms. The quantitative estimate of drug-likeness (QED) is 0.872. The van der Waals surface area contributed by atoms with Crippen molar-refractivity contribution < 1.29 is 0 Å². The molecule has 0 aliphatic heterocycles. The zero-order valence-corrected chi connectivity index (χ0v) is 12.7. The van der Waals surface area contributed by atoms with Crippen LogP contribution in [0.4, 0.5) is 0 Å². The topological polar surface area (TPSA) is 29.3 Å². The Morgan fingerprint density at radius 1 is 1.44 bits per heavy atom. The van der Waals surface area contributed by atoms with Crippen molar-refractivity contribution in [3.05, 3.63) is 20.8 Å². The predicted molar refractivity (Wildman–Crippen MR) is 75.9 cm³/mol. The van der Waals surface area contributed by atoms with E-state index in [4.69, 9.17) is 5.73 Å². The van der Waals surface area contributed by atoms with Gasteiger partial charge in [-0.05, 0) is 41.9 Å². The van der Waals surface area contributed by atoms with Crippen LogP contribution < -0.4 is 5.73 Å². The lowest BCUT2D eigenvalue weighted by Gasteiger charge is -2.31. The first-order chi connectivity index (χ1) is 7.49. The first kappa shape index (κ1) is 14.2. The van der Waals surface area contributed by atoms with Crippen molar-refractivity contribution in [1.82, 2.24) is 4.90 Å². The van der Waals surface area contributed by atoms with Gasteiger partial charge in [0.2, 0.25) is 0 Å². The SMILES string of the molecule is CCC(N)(CC)CN(C)Cc1cc(Br)cs1. The van der Waals surface area contributed by atoms with E-state index in [0.717, 1.165) is 25.9 Å². The number of likely N-dealkylation sites (N-methyl/N-ethyl adjacent to an activating group) is 1. The molecule has 0 spiro atoms. The molecule has 2 N–H and O–H groups in total. The molecule has 1 aromatic heterocycles. The van der Waals surface area contributed by atoms with Crippen molar-refractivity contribution in [3.8, 4) is 0 Å². The van der Waals surface area contributed by atoms with Crippen LogP contribution >= 0.6 is 27.3 Å². The van der Waals surface area contributed by atoms with Crippen LogP contribution in [0.2, 0.25) is 0 Å². The van der Waals surface area contributed by atoms with E-state index in [1.807, 2.05) is 0 Å². The molecule has 1 aromatic rings. The summed E-state index contributed by atoms with van der Waals surface area (Å²) in [7, 11) is 2.14. The third-order valence-corrected chi connectivity index (χ3v) is 4.72. The van der Waals surface area contributed by atoms with Crippen LogP contribution in [-0.4, -0.2) is 24.0 Å². The fourth-order valence-electron chi connectivity index (χ4n) is 1.77. The maximum absolute atomic E-state index is 6.31. The fourth-order valence-corrected chi connectivity index (χ4v) is 3.30. The van der Waals surface area contributed by atoms with Crippen molar-refractivity contribution in [2.24, 2.45) is 5.73 Å². The molecule has 0 unspecified atom stereocenters. The maximum atomic E-state index is 6.31. The van der Waals surface area contributed by atoms with Gasteiger partial charge in [0.15, 0.2) is 0 Å². The second-order valence-corrected chi connectivity index (χ2v) is 6.38. The minimum absolute atomic E-state index is 0.0385. The Hall–Kier alpha value is 0.1000. The standard InChI is InChI=1S/C12H21BrN2S/c1-4-12(14,5-2)9-15(3)7-11-6-10(13)8-16-11/h6,8H,4-5,7,9,14H2,1-3H3. The van der Waals surface area contributed by atoms with Crippen molar-refractivity contribution in [2.45, 2.75) is 38.8 Å². The smallest absolute Gasteiger partial charge is 0.0326 e. The Morgan fingerprint density at radius 3 is 2.50 bits per heavy atom. The maximum Gasteiger partial charge on any atom is 0.0326 e. The van der Waals surface area contributed by atoms with Crippen LogP contribution in [-0.2, 0) is 6.54 Å². The van der Waals surface area contributed by atoms with Crippen LogP contribution in [0.5, 0.6) is 0 Å². The molecule has 4 heteroatoms. The molecular weight excluding hydrogens is 284 g/mol. The molecule has 0 amide bonds. The molecule has 0 atom stereocenters. The normalized spacial score (nSPS) is 12.4. The monoisotopic (exact) mass is 304 g/mol. The van der Waals surface area contributed by atoms with Crippen molar-refractivity contribution >= 4 is 27.3 Å². The van der Waals surface area contributed by atoms with Gasteiger partial charge in [0.25, 0.3) is 0 Å². The summed E-state index contributed by atoms with van der Waals surface area (Å²) in [5.41, 5.74) is 6.27. The van der Waals surface area contributed by atoms with Crippen LogP contribution in [0.3, 0.4) is 0 Å². The summed E-state index contributed by atoms with van der Waals surface area (Å²) in [6, 6.07) is 2.18. The van der Waals surface area contributed by atoms with Crippen LogP contribution in [0.1, 0.15) is 31.6 Å². The van der Waals surface area contributed by atoms with E-state index in [9.17, 15) is 0 Å². The number of nitrogens with zero attached hydrogens (tertiary/aromatic N) is 1. The van der Waals surface area contributed by atoms with E-state index in [-0.39, 0.29) is 5.54 Å². The number of nitrogens with two attached hydrogens (primary N) is 1. The highest BCUT2D eigenvalue weighted by Gasteiger charge is 2.22. The Morgan fingerprint density at radius 2 is 2.06 bits per heavy atom. The zero-order valence-electron chi connectivity index (χ0n) is 10.3. The van der Waals surface area contributed by atoms with Gasteiger partial charge in [-0.2, -0.15) is 0 Å².